The topological polar surface area (TPSA) is 98.5 Å². The van der Waals surface area contributed by atoms with Crippen molar-refractivity contribution >= 4 is 34.9 Å². The van der Waals surface area contributed by atoms with Crippen molar-refractivity contribution in [3.05, 3.63) is 104 Å². The molecule has 0 aliphatic carbocycles. The lowest BCUT2D eigenvalue weighted by molar-refractivity contribution is -0.384. The molecule has 0 spiro atoms. The highest BCUT2D eigenvalue weighted by atomic mass is 35.5. The maximum atomic E-state index is 12.6. The third-order valence-corrected chi connectivity index (χ3v) is 4.61. The summed E-state index contributed by atoms with van der Waals surface area (Å²) in [5.74, 6) is -1.20. The lowest BCUT2D eigenvalue weighted by Gasteiger charge is -2.12. The van der Waals surface area contributed by atoms with Gasteiger partial charge in [-0.3, -0.25) is 14.9 Å². The Hall–Kier alpha value is -3.71. The van der Waals surface area contributed by atoms with E-state index in [4.69, 9.17) is 16.3 Å². The zero-order valence-corrected chi connectivity index (χ0v) is 16.7. The summed E-state index contributed by atoms with van der Waals surface area (Å²) >= 11 is 6.01. The van der Waals surface area contributed by atoms with Crippen LogP contribution in [0.4, 0.5) is 11.4 Å². The molecule has 1 amide bonds. The predicted molar refractivity (Wildman–Crippen MR) is 113 cm³/mol. The van der Waals surface area contributed by atoms with Crippen LogP contribution in [0.3, 0.4) is 0 Å². The second-order valence-electron chi connectivity index (χ2n) is 6.48. The fraction of sp³-hybridized carbons (Fsp3) is 0.0909. The number of non-ortho nitro benzene ring substituents is 1. The van der Waals surface area contributed by atoms with E-state index in [0.29, 0.717) is 0 Å². The van der Waals surface area contributed by atoms with Crippen LogP contribution >= 0.6 is 11.6 Å². The van der Waals surface area contributed by atoms with Crippen LogP contribution in [0.1, 0.15) is 31.8 Å². The molecule has 3 aromatic carbocycles. The van der Waals surface area contributed by atoms with Gasteiger partial charge in [0.05, 0.1) is 26.8 Å². The predicted octanol–water partition coefficient (Wildman–Crippen LogP) is 5.17. The highest BCUT2D eigenvalue weighted by Gasteiger charge is 2.18. The number of nitrogens with zero attached hydrogens (tertiary/aromatic N) is 1. The number of amides is 1. The summed E-state index contributed by atoms with van der Waals surface area (Å²) in [6.07, 6.45) is 0. The lowest BCUT2D eigenvalue weighted by atomic mass is 10.1. The Morgan fingerprint density at radius 1 is 1.03 bits per heavy atom. The standard InChI is InChI=1S/C22H17ClN2O5/c1-14-6-8-15(9-7-14)13-30-22(27)18-4-2-3-5-20(18)24-21(26)17-11-10-16(25(28)29)12-19(17)23/h2-12H,13H2,1H3,(H,24,26). The van der Waals surface area contributed by atoms with Crippen LogP contribution < -0.4 is 5.32 Å². The molecule has 8 heteroatoms. The molecule has 0 aromatic heterocycles. The number of esters is 1. The molecule has 1 N–H and O–H groups in total. The number of carbonyl (C=O) groups is 2. The summed E-state index contributed by atoms with van der Waals surface area (Å²) < 4.78 is 5.36. The first kappa shape index (κ1) is 21.0. The minimum absolute atomic E-state index is 0.0464. The Kier molecular flexibility index (Phi) is 6.44. The zero-order chi connectivity index (χ0) is 21.7. The number of nitro groups is 1. The van der Waals surface area contributed by atoms with E-state index in [0.717, 1.165) is 17.2 Å². The lowest BCUT2D eigenvalue weighted by Crippen LogP contribution is -2.16. The number of carbonyl (C=O) groups excluding carboxylic acids is 2. The molecule has 30 heavy (non-hydrogen) atoms. The normalized spacial score (nSPS) is 10.3. The number of halogens is 1. The number of nitrogens with one attached hydrogen (secondary N) is 1. The second kappa shape index (κ2) is 9.19. The average molecular weight is 425 g/mol. The van der Waals surface area contributed by atoms with Gasteiger partial charge in [-0.2, -0.15) is 0 Å². The van der Waals surface area contributed by atoms with Gasteiger partial charge in [-0.1, -0.05) is 53.6 Å². The number of anilines is 1. The van der Waals surface area contributed by atoms with Crippen molar-refractivity contribution in [1.82, 2.24) is 0 Å². The zero-order valence-electron chi connectivity index (χ0n) is 15.9. The number of hydrogen-bond acceptors (Lipinski definition) is 5. The van der Waals surface area contributed by atoms with Gasteiger partial charge in [0.15, 0.2) is 0 Å². The van der Waals surface area contributed by atoms with E-state index >= 15 is 0 Å². The molecule has 0 atom stereocenters. The maximum Gasteiger partial charge on any atom is 0.340 e. The van der Waals surface area contributed by atoms with Gasteiger partial charge in [0.1, 0.15) is 6.61 Å². The summed E-state index contributed by atoms with van der Waals surface area (Å²) in [4.78, 5) is 35.3. The quantitative estimate of drug-likeness (QED) is 0.334. The van der Waals surface area contributed by atoms with Crippen molar-refractivity contribution in [3.63, 3.8) is 0 Å². The van der Waals surface area contributed by atoms with Crippen molar-refractivity contribution in [2.45, 2.75) is 13.5 Å². The van der Waals surface area contributed by atoms with Crippen LogP contribution in [0.5, 0.6) is 0 Å². The fourth-order valence-electron chi connectivity index (χ4n) is 2.67. The van der Waals surface area contributed by atoms with Crippen molar-refractivity contribution in [2.24, 2.45) is 0 Å². The molecule has 0 fully saturated rings. The molecule has 7 nitrogen and oxygen atoms in total. The summed E-state index contributed by atoms with van der Waals surface area (Å²) in [5, 5.41) is 13.4. The molecular weight excluding hydrogens is 408 g/mol. The monoisotopic (exact) mass is 424 g/mol. The van der Waals surface area contributed by atoms with E-state index in [1.54, 1.807) is 18.2 Å². The number of hydrogen-bond donors (Lipinski definition) is 1. The molecule has 0 heterocycles. The van der Waals surface area contributed by atoms with Crippen LogP contribution in [0, 0.1) is 17.0 Å². The molecule has 0 saturated heterocycles. The van der Waals surface area contributed by atoms with Gasteiger partial charge >= 0.3 is 5.97 Å². The molecule has 0 bridgehead atoms. The minimum atomic E-state index is -0.604. The van der Waals surface area contributed by atoms with Gasteiger partial charge < -0.3 is 10.1 Å². The average Bonchev–Trinajstić information content (AvgIpc) is 2.73. The summed E-state index contributed by atoms with van der Waals surface area (Å²) in [6, 6.07) is 17.5. The SMILES string of the molecule is Cc1ccc(COC(=O)c2ccccc2NC(=O)c2ccc([N+](=O)[O-])cc2Cl)cc1. The van der Waals surface area contributed by atoms with E-state index in [9.17, 15) is 19.7 Å². The third-order valence-electron chi connectivity index (χ3n) is 4.29. The van der Waals surface area contributed by atoms with Gasteiger partial charge in [0.2, 0.25) is 0 Å². The Balaban J connectivity index is 1.74. The Bertz CT molecular complexity index is 1110. The van der Waals surface area contributed by atoms with Crippen molar-refractivity contribution in [1.29, 1.82) is 0 Å². The third kappa shape index (κ3) is 5.01. The Morgan fingerprint density at radius 3 is 2.40 bits per heavy atom. The minimum Gasteiger partial charge on any atom is -0.457 e. The van der Waals surface area contributed by atoms with Crippen LogP contribution in [-0.2, 0) is 11.3 Å². The van der Waals surface area contributed by atoms with Crippen LogP contribution in [0.25, 0.3) is 0 Å². The molecule has 0 saturated carbocycles. The van der Waals surface area contributed by atoms with E-state index in [1.165, 1.54) is 18.2 Å². The van der Waals surface area contributed by atoms with Gasteiger partial charge in [-0.15, -0.1) is 0 Å². The number of ether oxygens (including phenoxy) is 1. The first-order valence-electron chi connectivity index (χ1n) is 8.92. The van der Waals surface area contributed by atoms with Gasteiger partial charge in [0, 0.05) is 12.1 Å². The maximum absolute atomic E-state index is 12.6. The van der Waals surface area contributed by atoms with Gasteiger partial charge in [0.25, 0.3) is 11.6 Å². The van der Waals surface area contributed by atoms with E-state index < -0.39 is 16.8 Å². The number of para-hydroxylation sites is 1. The van der Waals surface area contributed by atoms with Gasteiger partial charge in [-0.25, -0.2) is 4.79 Å². The van der Waals surface area contributed by atoms with Gasteiger partial charge in [-0.05, 0) is 30.7 Å². The van der Waals surface area contributed by atoms with E-state index in [-0.39, 0.29) is 34.1 Å². The van der Waals surface area contributed by atoms with Crippen molar-refractivity contribution in [3.8, 4) is 0 Å². The van der Waals surface area contributed by atoms with Crippen molar-refractivity contribution in [2.75, 3.05) is 5.32 Å². The molecular formula is C22H17ClN2O5. The Morgan fingerprint density at radius 2 is 1.73 bits per heavy atom. The largest absolute Gasteiger partial charge is 0.457 e. The molecule has 3 rings (SSSR count). The first-order chi connectivity index (χ1) is 14.3. The molecule has 0 radical (unpaired) electrons. The van der Waals surface area contributed by atoms with Crippen LogP contribution in [0.15, 0.2) is 66.7 Å². The number of rotatable bonds is 6. The summed E-state index contributed by atoms with van der Waals surface area (Å²) in [7, 11) is 0. The Labute approximate surface area is 177 Å². The molecule has 0 aliphatic heterocycles. The molecule has 0 aliphatic rings. The number of nitro benzene ring substituents is 1. The van der Waals surface area contributed by atoms with Crippen LogP contribution in [-0.4, -0.2) is 16.8 Å². The molecule has 3 aromatic rings. The second-order valence-corrected chi connectivity index (χ2v) is 6.89. The van der Waals surface area contributed by atoms with E-state index in [1.807, 2.05) is 31.2 Å². The van der Waals surface area contributed by atoms with E-state index in [2.05, 4.69) is 5.32 Å². The summed E-state index contributed by atoms with van der Waals surface area (Å²) in [6.45, 7) is 2.06. The molecule has 0 unspecified atom stereocenters. The summed E-state index contributed by atoms with van der Waals surface area (Å²) in [5.41, 5.74) is 2.18. The fourth-order valence-corrected chi connectivity index (χ4v) is 2.93. The van der Waals surface area contributed by atoms with Crippen LogP contribution in [0.2, 0.25) is 5.02 Å². The number of benzene rings is 3. The molecule has 152 valence electrons. The first-order valence-corrected chi connectivity index (χ1v) is 9.30. The highest BCUT2D eigenvalue weighted by Crippen LogP contribution is 2.24. The van der Waals surface area contributed by atoms with Crippen molar-refractivity contribution < 1.29 is 19.2 Å². The highest BCUT2D eigenvalue weighted by molar-refractivity contribution is 6.34. The number of aryl methyl sites for hydroxylation is 1. The smallest absolute Gasteiger partial charge is 0.340 e.